The number of ether oxygens (including phenoxy) is 1. The normalized spacial score (nSPS) is 12.6. The molecule has 2 atom stereocenters. The highest BCUT2D eigenvalue weighted by Gasteiger charge is 2.23. The molecule has 0 fully saturated rings. The summed E-state index contributed by atoms with van der Waals surface area (Å²) in [4.78, 5) is 45.7. The molecule has 0 aliphatic carbocycles. The van der Waals surface area contributed by atoms with E-state index in [1.807, 2.05) is 6.92 Å². The van der Waals surface area contributed by atoms with Crippen molar-refractivity contribution < 1.29 is 29.0 Å². The summed E-state index contributed by atoms with van der Waals surface area (Å²) in [6.45, 7) is 4.44. The van der Waals surface area contributed by atoms with Crippen LogP contribution in [0.4, 0.5) is 0 Å². The number of hydrogen-bond donors (Lipinski definition) is 3. The number of benzene rings is 1. The third-order valence-electron chi connectivity index (χ3n) is 3.13. The van der Waals surface area contributed by atoms with E-state index in [1.165, 1.54) is 35.4 Å². The molecule has 27 heavy (non-hydrogen) atoms. The van der Waals surface area contributed by atoms with Gasteiger partial charge in [0.2, 0.25) is 11.8 Å². The van der Waals surface area contributed by atoms with Crippen molar-refractivity contribution in [2.45, 2.75) is 32.9 Å². The Balaban J connectivity index is 2.57. The van der Waals surface area contributed by atoms with E-state index in [-0.39, 0.29) is 17.4 Å². The van der Waals surface area contributed by atoms with Crippen LogP contribution < -0.4 is 15.4 Å². The second-order valence-electron chi connectivity index (χ2n) is 5.65. The molecule has 0 spiro atoms. The van der Waals surface area contributed by atoms with E-state index in [0.29, 0.717) is 5.75 Å². The second-order valence-corrected chi connectivity index (χ2v) is 8.20. The average molecular weight is 415 g/mol. The van der Waals surface area contributed by atoms with E-state index in [2.05, 4.69) is 10.6 Å². The number of aliphatic carboxylic acids is 1. The molecule has 0 aromatic heterocycles. The molecule has 3 N–H and O–H groups in total. The Bertz CT molecular complexity index is 681. The van der Waals surface area contributed by atoms with Gasteiger partial charge in [0.05, 0.1) is 0 Å². The molecule has 2 amide bonds. The lowest BCUT2D eigenvalue weighted by Gasteiger charge is -2.17. The number of carboxylic acid groups (broad SMARTS) is 1. The van der Waals surface area contributed by atoms with Crippen LogP contribution in [-0.2, 0) is 19.2 Å². The van der Waals surface area contributed by atoms with Crippen molar-refractivity contribution in [1.82, 2.24) is 10.6 Å². The van der Waals surface area contributed by atoms with Gasteiger partial charge in [0.15, 0.2) is 0 Å². The fourth-order valence-electron chi connectivity index (χ4n) is 1.86. The van der Waals surface area contributed by atoms with Crippen LogP contribution in [0.15, 0.2) is 24.3 Å². The Morgan fingerprint density at radius 2 is 1.44 bits per heavy atom. The van der Waals surface area contributed by atoms with E-state index < -0.39 is 29.9 Å². The summed E-state index contributed by atoms with van der Waals surface area (Å²) in [6, 6.07) is 5.00. The van der Waals surface area contributed by atoms with Gasteiger partial charge in [-0.3, -0.25) is 9.59 Å². The minimum atomic E-state index is -1.14. The molecule has 0 bridgehead atoms. The van der Waals surface area contributed by atoms with Crippen molar-refractivity contribution in [2.75, 3.05) is 11.5 Å². The zero-order valence-corrected chi connectivity index (χ0v) is 16.8. The molecule has 1 rings (SSSR count). The Labute approximate surface area is 165 Å². The molecule has 148 valence electrons. The number of carbonyl (C=O) groups is 4. The van der Waals surface area contributed by atoms with Gasteiger partial charge in [-0.25, -0.2) is 9.59 Å². The van der Waals surface area contributed by atoms with Crippen LogP contribution in [-0.4, -0.2) is 52.4 Å². The predicted octanol–water partition coefficient (Wildman–Crippen LogP) is 1.38. The van der Waals surface area contributed by atoms with E-state index in [4.69, 9.17) is 9.84 Å². The lowest BCUT2D eigenvalue weighted by atomic mass is 10.2. The predicted molar refractivity (Wildman–Crippen MR) is 105 cm³/mol. The second kappa shape index (κ2) is 11.5. The standard InChI is InChI=1S/C17H22N2O6S2/c1-10-4-6-13(7-5-10)25-17(24)15(19-12(3)21)9-27-26-8-14(16(22)23)18-11(2)20/h4-7,14-15H,8-9H2,1-3H3,(H,18,20)(H,19,21)(H,22,23). The van der Waals surface area contributed by atoms with Crippen LogP contribution in [0.25, 0.3) is 0 Å². The summed E-state index contributed by atoms with van der Waals surface area (Å²) in [5.74, 6) is -1.91. The van der Waals surface area contributed by atoms with Gasteiger partial charge >= 0.3 is 11.9 Å². The van der Waals surface area contributed by atoms with Crippen LogP contribution in [0.5, 0.6) is 5.75 Å². The minimum Gasteiger partial charge on any atom is -0.480 e. The number of hydrogen-bond acceptors (Lipinski definition) is 7. The Morgan fingerprint density at radius 3 is 1.93 bits per heavy atom. The maximum Gasteiger partial charge on any atom is 0.334 e. The van der Waals surface area contributed by atoms with Crippen LogP contribution in [0.2, 0.25) is 0 Å². The van der Waals surface area contributed by atoms with E-state index >= 15 is 0 Å². The van der Waals surface area contributed by atoms with Crippen LogP contribution in [0.3, 0.4) is 0 Å². The summed E-state index contributed by atoms with van der Waals surface area (Å²) in [6.07, 6.45) is 0. The monoisotopic (exact) mass is 414 g/mol. The Hall–Kier alpha value is -2.20. The molecule has 0 saturated carbocycles. The molecular formula is C17H22N2O6S2. The quantitative estimate of drug-likeness (QED) is 0.227. The third-order valence-corrected chi connectivity index (χ3v) is 5.55. The molecule has 0 aliphatic rings. The van der Waals surface area contributed by atoms with Crippen molar-refractivity contribution >= 4 is 45.3 Å². The molecule has 0 radical (unpaired) electrons. The summed E-state index contributed by atoms with van der Waals surface area (Å²) < 4.78 is 5.27. The van der Waals surface area contributed by atoms with Crippen molar-refractivity contribution in [1.29, 1.82) is 0 Å². The van der Waals surface area contributed by atoms with Crippen LogP contribution in [0.1, 0.15) is 19.4 Å². The number of amides is 2. The van der Waals surface area contributed by atoms with Gasteiger partial charge in [0.25, 0.3) is 0 Å². The number of rotatable bonds is 10. The topological polar surface area (TPSA) is 122 Å². The van der Waals surface area contributed by atoms with Crippen molar-refractivity contribution in [3.05, 3.63) is 29.8 Å². The largest absolute Gasteiger partial charge is 0.480 e. The van der Waals surface area contributed by atoms with Gasteiger partial charge in [-0.2, -0.15) is 0 Å². The highest BCUT2D eigenvalue weighted by molar-refractivity contribution is 8.76. The van der Waals surface area contributed by atoms with E-state index in [1.54, 1.807) is 24.3 Å². The molecule has 1 aromatic rings. The Morgan fingerprint density at radius 1 is 0.963 bits per heavy atom. The first-order valence-corrected chi connectivity index (χ1v) is 10.5. The summed E-state index contributed by atoms with van der Waals surface area (Å²) >= 11 is 0. The average Bonchev–Trinajstić information content (AvgIpc) is 2.57. The summed E-state index contributed by atoms with van der Waals surface area (Å²) in [7, 11) is 2.38. The van der Waals surface area contributed by atoms with Crippen molar-refractivity contribution in [3.63, 3.8) is 0 Å². The maximum absolute atomic E-state index is 12.3. The molecule has 0 saturated heterocycles. The summed E-state index contributed by atoms with van der Waals surface area (Å²) in [5, 5.41) is 13.9. The fourth-order valence-corrected chi connectivity index (χ4v) is 4.16. The zero-order valence-electron chi connectivity index (χ0n) is 15.2. The lowest BCUT2D eigenvalue weighted by Crippen LogP contribution is -2.44. The maximum atomic E-state index is 12.3. The third kappa shape index (κ3) is 9.34. The van der Waals surface area contributed by atoms with Gasteiger partial charge in [0, 0.05) is 25.4 Å². The first-order valence-electron chi connectivity index (χ1n) is 7.98. The van der Waals surface area contributed by atoms with Crippen LogP contribution in [0, 0.1) is 6.92 Å². The molecular weight excluding hydrogens is 392 g/mol. The molecule has 1 aromatic carbocycles. The van der Waals surface area contributed by atoms with Crippen LogP contribution >= 0.6 is 21.6 Å². The first-order chi connectivity index (χ1) is 12.7. The highest BCUT2D eigenvalue weighted by atomic mass is 33.1. The minimum absolute atomic E-state index is 0.110. The molecule has 2 unspecified atom stereocenters. The van der Waals surface area contributed by atoms with Gasteiger partial charge in [0.1, 0.15) is 17.8 Å². The lowest BCUT2D eigenvalue weighted by molar-refractivity contribution is -0.140. The number of esters is 1. The van der Waals surface area contributed by atoms with Gasteiger partial charge in [-0.05, 0) is 19.1 Å². The number of carboxylic acids is 1. The summed E-state index contributed by atoms with van der Waals surface area (Å²) in [5.41, 5.74) is 1.02. The molecule has 0 heterocycles. The number of nitrogens with one attached hydrogen (secondary N) is 2. The van der Waals surface area contributed by atoms with E-state index in [0.717, 1.165) is 5.56 Å². The van der Waals surface area contributed by atoms with Gasteiger partial charge in [-0.15, -0.1) is 0 Å². The number of carbonyl (C=O) groups excluding carboxylic acids is 3. The molecule has 8 nitrogen and oxygen atoms in total. The smallest absolute Gasteiger partial charge is 0.334 e. The van der Waals surface area contributed by atoms with Crippen molar-refractivity contribution in [3.8, 4) is 5.75 Å². The van der Waals surface area contributed by atoms with Gasteiger partial charge < -0.3 is 20.5 Å². The zero-order chi connectivity index (χ0) is 20.4. The van der Waals surface area contributed by atoms with E-state index in [9.17, 15) is 19.2 Å². The highest BCUT2D eigenvalue weighted by Crippen LogP contribution is 2.24. The Kier molecular flexibility index (Phi) is 9.73. The first kappa shape index (κ1) is 22.8. The molecule has 10 heteroatoms. The van der Waals surface area contributed by atoms with Crippen molar-refractivity contribution in [2.24, 2.45) is 0 Å². The molecule has 0 aliphatic heterocycles. The van der Waals surface area contributed by atoms with Gasteiger partial charge in [-0.1, -0.05) is 39.3 Å². The number of aryl methyl sites for hydroxylation is 1. The SMILES string of the molecule is CC(=O)NC(CSSCC(NC(C)=O)C(=O)Oc1ccc(C)cc1)C(=O)O. The fraction of sp³-hybridized carbons (Fsp3) is 0.412.